The molecule has 0 spiro atoms. The van der Waals surface area contributed by atoms with Crippen molar-refractivity contribution >= 4 is 23.8 Å². The third kappa shape index (κ3) is 4.53. The molecule has 1 amide bonds. The third-order valence-electron chi connectivity index (χ3n) is 5.25. The van der Waals surface area contributed by atoms with Gasteiger partial charge in [-0.25, -0.2) is 4.98 Å². The summed E-state index contributed by atoms with van der Waals surface area (Å²) in [6, 6.07) is 2.51. The Morgan fingerprint density at radius 1 is 1.29 bits per heavy atom. The second-order valence-corrected chi connectivity index (χ2v) is 7.49. The minimum Gasteiger partial charge on any atom is -0.351 e. The number of halogens is 3. The lowest BCUT2D eigenvalue weighted by Gasteiger charge is -2.40. The number of anilines is 1. The Hall–Kier alpha value is -3.41. The minimum absolute atomic E-state index is 0.0504. The standard InChI is InChI=1S/C19H21F3N8O/c1-11-9-29(4-5-30(11)16-3-2-13(8-24-16)19(20,21)22)10-12-7-25-28-14(12)6-15-17(31)27-18(23)26-15/h2-3,6-8,11H,4-5,9-10H2,1H3,(H,25,28)(H3,23,26,27,31)/b15-6+. The minimum atomic E-state index is -4.40. The Balaban J connectivity index is 1.40. The maximum absolute atomic E-state index is 12.8. The van der Waals surface area contributed by atoms with Crippen molar-refractivity contribution in [3.8, 4) is 0 Å². The first-order valence-electron chi connectivity index (χ1n) is 9.64. The van der Waals surface area contributed by atoms with Gasteiger partial charge in [0.1, 0.15) is 11.5 Å². The molecule has 12 heteroatoms. The smallest absolute Gasteiger partial charge is 0.351 e. The topological polar surface area (TPSA) is 113 Å². The fraction of sp³-hybridized carbons (Fsp3) is 0.368. The highest BCUT2D eigenvalue weighted by molar-refractivity contribution is 6.14. The highest BCUT2D eigenvalue weighted by Crippen LogP contribution is 2.30. The summed E-state index contributed by atoms with van der Waals surface area (Å²) in [5, 5.41) is 19.5. The van der Waals surface area contributed by atoms with Crippen molar-refractivity contribution in [1.82, 2.24) is 30.7 Å². The molecule has 0 bridgehead atoms. The SMILES string of the molecule is CC1CN(Cc2c[nH]nc2/C=C2/NC(=N)NC2=O)CCN1c1ccc(C(F)(F)F)cn1. The van der Waals surface area contributed by atoms with Gasteiger partial charge in [-0.2, -0.15) is 18.3 Å². The van der Waals surface area contributed by atoms with E-state index in [1.807, 2.05) is 11.8 Å². The lowest BCUT2D eigenvalue weighted by atomic mass is 10.1. The predicted molar refractivity (Wildman–Crippen MR) is 107 cm³/mol. The average molecular weight is 434 g/mol. The maximum atomic E-state index is 12.8. The fourth-order valence-electron chi connectivity index (χ4n) is 3.70. The summed E-state index contributed by atoms with van der Waals surface area (Å²) in [5.41, 5.74) is 0.996. The van der Waals surface area contributed by atoms with Crippen LogP contribution in [0.2, 0.25) is 0 Å². The highest BCUT2D eigenvalue weighted by atomic mass is 19.4. The first-order valence-corrected chi connectivity index (χ1v) is 9.64. The van der Waals surface area contributed by atoms with E-state index in [0.29, 0.717) is 37.7 Å². The van der Waals surface area contributed by atoms with E-state index in [9.17, 15) is 18.0 Å². The van der Waals surface area contributed by atoms with Crippen molar-refractivity contribution < 1.29 is 18.0 Å². The summed E-state index contributed by atoms with van der Waals surface area (Å²) in [7, 11) is 0. The van der Waals surface area contributed by atoms with Gasteiger partial charge in [0, 0.05) is 50.2 Å². The highest BCUT2D eigenvalue weighted by Gasteiger charge is 2.32. The van der Waals surface area contributed by atoms with E-state index in [1.165, 1.54) is 6.07 Å². The number of hydrogen-bond donors (Lipinski definition) is 4. The number of aromatic nitrogens is 3. The number of alkyl halides is 3. The molecule has 4 N–H and O–H groups in total. The molecule has 0 radical (unpaired) electrons. The fourth-order valence-corrected chi connectivity index (χ4v) is 3.70. The summed E-state index contributed by atoms with van der Waals surface area (Å²) in [5.74, 6) is 0.0649. The molecular weight excluding hydrogens is 413 g/mol. The Bertz CT molecular complexity index is 1010. The molecule has 0 saturated carbocycles. The van der Waals surface area contributed by atoms with E-state index in [2.05, 4.69) is 30.7 Å². The first-order chi connectivity index (χ1) is 14.7. The molecule has 0 aliphatic carbocycles. The number of aromatic amines is 1. The van der Waals surface area contributed by atoms with E-state index >= 15 is 0 Å². The largest absolute Gasteiger partial charge is 0.417 e. The second kappa shape index (κ2) is 8.02. The number of carbonyl (C=O) groups is 1. The molecule has 2 aromatic rings. The maximum Gasteiger partial charge on any atom is 0.417 e. The normalized spacial score (nSPS) is 21.5. The van der Waals surface area contributed by atoms with Gasteiger partial charge < -0.3 is 10.2 Å². The van der Waals surface area contributed by atoms with Crippen molar-refractivity contribution in [2.45, 2.75) is 25.7 Å². The van der Waals surface area contributed by atoms with Crippen molar-refractivity contribution in [3.05, 3.63) is 47.0 Å². The van der Waals surface area contributed by atoms with Crippen LogP contribution in [0.15, 0.2) is 30.2 Å². The zero-order valence-corrected chi connectivity index (χ0v) is 16.6. The quantitative estimate of drug-likeness (QED) is 0.543. The molecule has 9 nitrogen and oxygen atoms in total. The summed E-state index contributed by atoms with van der Waals surface area (Å²) in [6.07, 6.45) is -0.178. The molecule has 2 fully saturated rings. The molecular formula is C19H21F3N8O. The number of amides is 1. The van der Waals surface area contributed by atoms with Gasteiger partial charge in [0.25, 0.3) is 5.91 Å². The zero-order chi connectivity index (χ0) is 22.2. The molecule has 0 aromatic carbocycles. The van der Waals surface area contributed by atoms with Gasteiger partial charge in [0.15, 0.2) is 5.96 Å². The molecule has 2 aliphatic rings. The molecule has 4 heterocycles. The molecule has 1 atom stereocenters. The van der Waals surface area contributed by atoms with Gasteiger partial charge in [-0.15, -0.1) is 0 Å². The zero-order valence-electron chi connectivity index (χ0n) is 16.6. The van der Waals surface area contributed by atoms with Crippen molar-refractivity contribution in [2.75, 3.05) is 24.5 Å². The number of pyridine rings is 1. The van der Waals surface area contributed by atoms with Crippen LogP contribution in [0.25, 0.3) is 6.08 Å². The lowest BCUT2D eigenvalue weighted by Crippen LogP contribution is -2.51. The number of nitrogens with zero attached hydrogens (tertiary/aromatic N) is 4. The Morgan fingerprint density at radius 3 is 2.71 bits per heavy atom. The molecule has 4 rings (SSSR count). The first kappa shape index (κ1) is 20.8. The van der Waals surface area contributed by atoms with Gasteiger partial charge in [0.05, 0.1) is 11.3 Å². The Kier molecular flexibility index (Phi) is 5.39. The average Bonchev–Trinajstić information content (AvgIpc) is 3.27. The third-order valence-corrected chi connectivity index (χ3v) is 5.25. The van der Waals surface area contributed by atoms with Crippen LogP contribution in [-0.4, -0.2) is 57.6 Å². The van der Waals surface area contributed by atoms with Crippen LogP contribution in [0.3, 0.4) is 0 Å². The molecule has 2 saturated heterocycles. The molecule has 2 aliphatic heterocycles. The van der Waals surface area contributed by atoms with E-state index < -0.39 is 11.7 Å². The van der Waals surface area contributed by atoms with Crippen LogP contribution < -0.4 is 15.5 Å². The second-order valence-electron chi connectivity index (χ2n) is 7.49. The van der Waals surface area contributed by atoms with Gasteiger partial charge in [-0.1, -0.05) is 0 Å². The van der Waals surface area contributed by atoms with E-state index in [0.717, 1.165) is 17.8 Å². The number of guanidine groups is 1. The van der Waals surface area contributed by atoms with Crippen LogP contribution in [0.4, 0.5) is 19.0 Å². The van der Waals surface area contributed by atoms with Gasteiger partial charge in [0.2, 0.25) is 0 Å². The van der Waals surface area contributed by atoms with E-state index in [-0.39, 0.29) is 23.6 Å². The predicted octanol–water partition coefficient (Wildman–Crippen LogP) is 1.53. The summed E-state index contributed by atoms with van der Waals surface area (Å²) in [4.78, 5) is 20.0. The number of carbonyl (C=O) groups excluding carboxylic acids is 1. The van der Waals surface area contributed by atoms with Crippen molar-refractivity contribution in [1.29, 1.82) is 5.41 Å². The Labute approximate surface area is 175 Å². The number of piperazine rings is 1. The van der Waals surface area contributed by atoms with Gasteiger partial charge in [-0.3, -0.25) is 25.5 Å². The Morgan fingerprint density at radius 2 is 2.10 bits per heavy atom. The summed E-state index contributed by atoms with van der Waals surface area (Å²) in [6.45, 7) is 4.59. The molecule has 31 heavy (non-hydrogen) atoms. The van der Waals surface area contributed by atoms with Crippen molar-refractivity contribution in [2.24, 2.45) is 0 Å². The van der Waals surface area contributed by atoms with Crippen LogP contribution >= 0.6 is 0 Å². The molecule has 164 valence electrons. The molecule has 2 aromatic heterocycles. The number of H-pyrrole nitrogens is 1. The number of rotatable bonds is 4. The van der Waals surface area contributed by atoms with Crippen molar-refractivity contribution in [3.63, 3.8) is 0 Å². The van der Waals surface area contributed by atoms with Gasteiger partial charge >= 0.3 is 6.18 Å². The van der Waals surface area contributed by atoms with Crippen LogP contribution in [0, 0.1) is 5.41 Å². The van der Waals surface area contributed by atoms with E-state index in [1.54, 1.807) is 12.3 Å². The summed E-state index contributed by atoms with van der Waals surface area (Å²) < 4.78 is 38.3. The van der Waals surface area contributed by atoms with Crippen LogP contribution in [-0.2, 0) is 17.5 Å². The number of hydrogen-bond acceptors (Lipinski definition) is 6. The molecule has 1 unspecified atom stereocenters. The summed E-state index contributed by atoms with van der Waals surface area (Å²) >= 11 is 0. The lowest BCUT2D eigenvalue weighted by molar-refractivity contribution is -0.137. The van der Waals surface area contributed by atoms with Crippen LogP contribution in [0.1, 0.15) is 23.7 Å². The number of nitrogens with one attached hydrogen (secondary N) is 4. The van der Waals surface area contributed by atoms with Crippen LogP contribution in [0.5, 0.6) is 0 Å². The van der Waals surface area contributed by atoms with Gasteiger partial charge in [-0.05, 0) is 25.1 Å². The van der Waals surface area contributed by atoms with E-state index in [4.69, 9.17) is 5.41 Å². The monoisotopic (exact) mass is 434 g/mol.